The van der Waals surface area contributed by atoms with Gasteiger partial charge < -0.3 is 15.8 Å². The van der Waals surface area contributed by atoms with Crippen LogP contribution in [0.4, 0.5) is 17.1 Å². The lowest BCUT2D eigenvalue weighted by molar-refractivity contribution is 0.340. The Morgan fingerprint density at radius 1 is 1.11 bits per heavy atom. The smallest absolute Gasteiger partial charge is 0.119 e. The summed E-state index contributed by atoms with van der Waals surface area (Å²) in [6.07, 6.45) is 0. The molecule has 2 aromatic carbocycles. The van der Waals surface area contributed by atoms with Crippen LogP contribution in [0.3, 0.4) is 0 Å². The highest BCUT2D eigenvalue weighted by molar-refractivity contribution is 5.69. The van der Waals surface area contributed by atoms with Crippen LogP contribution >= 0.6 is 0 Å². The van der Waals surface area contributed by atoms with Gasteiger partial charge in [-0.1, -0.05) is 6.07 Å². The molecule has 0 aliphatic heterocycles. The molecule has 0 saturated heterocycles. The molecular formula is C15H18N2O. The molecule has 0 fully saturated rings. The number of anilines is 3. The molecule has 0 unspecified atom stereocenters. The van der Waals surface area contributed by atoms with Crippen LogP contribution in [0.15, 0.2) is 42.5 Å². The van der Waals surface area contributed by atoms with Gasteiger partial charge in [0, 0.05) is 17.1 Å². The highest BCUT2D eigenvalue weighted by Gasteiger charge is 2.01. The van der Waals surface area contributed by atoms with Gasteiger partial charge in [-0.15, -0.1) is 0 Å². The molecule has 2 rings (SSSR count). The van der Waals surface area contributed by atoms with Gasteiger partial charge in [0.2, 0.25) is 0 Å². The van der Waals surface area contributed by atoms with Crippen molar-refractivity contribution in [1.29, 1.82) is 0 Å². The van der Waals surface area contributed by atoms with Gasteiger partial charge in [0.1, 0.15) is 5.75 Å². The zero-order valence-corrected chi connectivity index (χ0v) is 10.7. The van der Waals surface area contributed by atoms with Gasteiger partial charge in [0.15, 0.2) is 0 Å². The molecule has 3 nitrogen and oxygen atoms in total. The molecule has 0 atom stereocenters. The van der Waals surface area contributed by atoms with E-state index in [9.17, 15) is 0 Å². The molecule has 18 heavy (non-hydrogen) atoms. The minimum atomic E-state index is 0.682. The van der Waals surface area contributed by atoms with E-state index in [4.69, 9.17) is 10.5 Å². The van der Waals surface area contributed by atoms with Crippen molar-refractivity contribution in [2.75, 3.05) is 17.7 Å². The van der Waals surface area contributed by atoms with Crippen LogP contribution in [-0.4, -0.2) is 6.61 Å². The quantitative estimate of drug-likeness (QED) is 0.803. The van der Waals surface area contributed by atoms with Crippen LogP contribution in [0.2, 0.25) is 0 Å². The van der Waals surface area contributed by atoms with Crippen LogP contribution in [0.5, 0.6) is 5.75 Å². The summed E-state index contributed by atoms with van der Waals surface area (Å²) < 4.78 is 5.41. The highest BCUT2D eigenvalue weighted by Crippen LogP contribution is 2.25. The summed E-state index contributed by atoms with van der Waals surface area (Å²) in [5.74, 6) is 0.882. The maximum absolute atomic E-state index is 5.88. The Hall–Kier alpha value is -2.16. The van der Waals surface area contributed by atoms with Crippen LogP contribution in [-0.2, 0) is 0 Å². The summed E-state index contributed by atoms with van der Waals surface area (Å²) >= 11 is 0. The Kier molecular flexibility index (Phi) is 3.72. The zero-order valence-electron chi connectivity index (χ0n) is 10.7. The van der Waals surface area contributed by atoms with Crippen molar-refractivity contribution in [2.24, 2.45) is 0 Å². The summed E-state index contributed by atoms with van der Waals surface area (Å²) in [6.45, 7) is 4.66. The number of hydrogen-bond donors (Lipinski definition) is 2. The fourth-order valence-corrected chi connectivity index (χ4v) is 1.75. The number of nitrogens with one attached hydrogen (secondary N) is 1. The van der Waals surface area contributed by atoms with Crippen LogP contribution in [0.1, 0.15) is 12.5 Å². The summed E-state index contributed by atoms with van der Waals surface area (Å²) in [5.41, 5.74) is 9.78. The molecule has 0 aliphatic rings. The fraction of sp³-hybridized carbons (Fsp3) is 0.200. The van der Waals surface area contributed by atoms with Crippen molar-refractivity contribution in [3.05, 3.63) is 48.0 Å². The van der Waals surface area contributed by atoms with Crippen molar-refractivity contribution < 1.29 is 4.74 Å². The number of rotatable bonds is 4. The van der Waals surface area contributed by atoms with E-state index in [2.05, 4.69) is 5.32 Å². The monoisotopic (exact) mass is 242 g/mol. The van der Waals surface area contributed by atoms with Gasteiger partial charge in [-0.25, -0.2) is 0 Å². The molecule has 94 valence electrons. The van der Waals surface area contributed by atoms with Crippen molar-refractivity contribution in [2.45, 2.75) is 13.8 Å². The average Bonchev–Trinajstić information content (AvgIpc) is 2.38. The average molecular weight is 242 g/mol. The van der Waals surface area contributed by atoms with E-state index in [1.54, 1.807) is 0 Å². The summed E-state index contributed by atoms with van der Waals surface area (Å²) in [6, 6.07) is 13.8. The molecule has 0 spiro atoms. The Balaban J connectivity index is 2.16. The van der Waals surface area contributed by atoms with Crippen molar-refractivity contribution in [3.63, 3.8) is 0 Å². The largest absolute Gasteiger partial charge is 0.494 e. The molecule has 0 saturated carbocycles. The third-order valence-electron chi connectivity index (χ3n) is 2.82. The lowest BCUT2D eigenvalue weighted by Gasteiger charge is -2.11. The van der Waals surface area contributed by atoms with Gasteiger partial charge in [-0.05, 0) is 55.8 Å². The summed E-state index contributed by atoms with van der Waals surface area (Å²) in [7, 11) is 0. The summed E-state index contributed by atoms with van der Waals surface area (Å²) in [5, 5.41) is 3.35. The maximum Gasteiger partial charge on any atom is 0.119 e. The predicted molar refractivity (Wildman–Crippen MR) is 76.5 cm³/mol. The number of nitrogens with two attached hydrogens (primary N) is 1. The Morgan fingerprint density at radius 2 is 1.83 bits per heavy atom. The first-order valence-corrected chi connectivity index (χ1v) is 6.05. The van der Waals surface area contributed by atoms with Gasteiger partial charge in [-0.3, -0.25) is 0 Å². The lowest BCUT2D eigenvalue weighted by atomic mass is 10.1. The van der Waals surface area contributed by atoms with Gasteiger partial charge in [0.25, 0.3) is 0 Å². The SMILES string of the molecule is CCOc1ccc(Nc2cccc(N)c2C)cc1. The molecule has 0 amide bonds. The first-order chi connectivity index (χ1) is 8.70. The molecular weight excluding hydrogens is 224 g/mol. The fourth-order valence-electron chi connectivity index (χ4n) is 1.75. The normalized spacial score (nSPS) is 10.1. The first kappa shape index (κ1) is 12.3. The van der Waals surface area contributed by atoms with Crippen molar-refractivity contribution in [1.82, 2.24) is 0 Å². The van der Waals surface area contributed by atoms with Crippen molar-refractivity contribution in [3.8, 4) is 5.75 Å². The van der Waals surface area contributed by atoms with E-state index < -0.39 is 0 Å². The second-order valence-electron chi connectivity index (χ2n) is 4.10. The maximum atomic E-state index is 5.88. The predicted octanol–water partition coefficient (Wildman–Crippen LogP) is 3.72. The minimum Gasteiger partial charge on any atom is -0.494 e. The number of nitrogen functional groups attached to an aromatic ring is 1. The molecule has 0 heterocycles. The minimum absolute atomic E-state index is 0.682. The van der Waals surface area contributed by atoms with Crippen LogP contribution < -0.4 is 15.8 Å². The highest BCUT2D eigenvalue weighted by atomic mass is 16.5. The lowest BCUT2D eigenvalue weighted by Crippen LogP contribution is -1.97. The molecule has 0 bridgehead atoms. The second-order valence-corrected chi connectivity index (χ2v) is 4.10. The molecule has 3 N–H and O–H groups in total. The third kappa shape index (κ3) is 2.74. The van der Waals surface area contributed by atoms with Crippen LogP contribution in [0.25, 0.3) is 0 Å². The van der Waals surface area contributed by atoms with E-state index in [1.807, 2.05) is 56.3 Å². The topological polar surface area (TPSA) is 47.3 Å². The van der Waals surface area contributed by atoms with Gasteiger partial charge in [-0.2, -0.15) is 0 Å². The summed E-state index contributed by atoms with van der Waals surface area (Å²) in [4.78, 5) is 0. The Labute approximate surface area is 108 Å². The van der Waals surface area contributed by atoms with E-state index >= 15 is 0 Å². The number of benzene rings is 2. The standard InChI is InChI=1S/C15H18N2O/c1-3-18-13-9-7-12(8-10-13)17-15-6-4-5-14(16)11(15)2/h4-10,17H,3,16H2,1-2H3. The molecule has 0 aliphatic carbocycles. The Morgan fingerprint density at radius 3 is 2.50 bits per heavy atom. The van der Waals surface area contributed by atoms with Crippen molar-refractivity contribution >= 4 is 17.1 Å². The molecule has 2 aromatic rings. The molecule has 3 heteroatoms. The van der Waals surface area contributed by atoms with Gasteiger partial charge in [0.05, 0.1) is 6.61 Å². The third-order valence-corrected chi connectivity index (χ3v) is 2.82. The van der Waals surface area contributed by atoms with E-state index in [-0.39, 0.29) is 0 Å². The van der Waals surface area contributed by atoms with E-state index in [0.717, 1.165) is 28.4 Å². The van der Waals surface area contributed by atoms with Crippen LogP contribution in [0, 0.1) is 6.92 Å². The van der Waals surface area contributed by atoms with E-state index in [0.29, 0.717) is 6.61 Å². The Bertz CT molecular complexity index is 521. The molecule has 0 radical (unpaired) electrons. The first-order valence-electron chi connectivity index (χ1n) is 6.05. The zero-order chi connectivity index (χ0) is 13.0. The number of ether oxygens (including phenoxy) is 1. The second kappa shape index (κ2) is 5.45. The number of hydrogen-bond acceptors (Lipinski definition) is 3. The van der Waals surface area contributed by atoms with Gasteiger partial charge >= 0.3 is 0 Å². The molecule has 0 aromatic heterocycles. The van der Waals surface area contributed by atoms with E-state index in [1.165, 1.54) is 0 Å².